The Balaban J connectivity index is 1.51. The lowest BCUT2D eigenvalue weighted by Crippen LogP contribution is -2.41. The Morgan fingerprint density at radius 2 is 1.84 bits per heavy atom. The topological polar surface area (TPSA) is 75.7 Å². The smallest absolute Gasteiger partial charge is 0.264 e. The molecule has 1 fully saturated rings. The fraction of sp³-hybridized carbons (Fsp3) is 0.567. The summed E-state index contributed by atoms with van der Waals surface area (Å²) in [6, 6.07) is 11.3. The van der Waals surface area contributed by atoms with Gasteiger partial charge in [0.25, 0.3) is 5.91 Å². The number of benzene rings is 2. The summed E-state index contributed by atoms with van der Waals surface area (Å²) in [6.07, 6.45) is 9.05. The second-order valence-corrected chi connectivity index (χ2v) is 13.6. The van der Waals surface area contributed by atoms with Crippen LogP contribution in [0.2, 0.25) is 5.02 Å². The molecule has 206 valence electrons. The Hall–Kier alpha value is -2.25. The first-order chi connectivity index (χ1) is 18.3. The van der Waals surface area contributed by atoms with Gasteiger partial charge >= 0.3 is 0 Å². The molecule has 1 amide bonds. The number of amides is 1. The predicted octanol–water partition coefficient (Wildman–Crippen LogP) is 6.36. The number of fused-ring (bicyclic) bond motifs is 3. The molecule has 6 nitrogen and oxygen atoms in total. The normalized spacial score (nSPS) is 26.4. The second-order valence-electron chi connectivity index (χ2n) is 11.4. The molecule has 0 aromatic heterocycles. The summed E-state index contributed by atoms with van der Waals surface area (Å²) in [5.41, 5.74) is 3.54. The third kappa shape index (κ3) is 6.48. The van der Waals surface area contributed by atoms with Gasteiger partial charge in [-0.1, -0.05) is 43.9 Å². The summed E-state index contributed by atoms with van der Waals surface area (Å²) >= 11 is 6.30. The number of anilines is 1. The van der Waals surface area contributed by atoms with Gasteiger partial charge in [-0.25, -0.2) is 13.1 Å². The van der Waals surface area contributed by atoms with Gasteiger partial charge in [0.1, 0.15) is 12.4 Å². The van der Waals surface area contributed by atoms with Crippen molar-refractivity contribution >= 4 is 33.2 Å². The molecule has 2 heterocycles. The molecule has 1 saturated carbocycles. The van der Waals surface area contributed by atoms with Crippen LogP contribution in [0.3, 0.4) is 0 Å². The summed E-state index contributed by atoms with van der Waals surface area (Å²) in [6.45, 7) is 4.55. The average Bonchev–Trinajstić information content (AvgIpc) is 2.88. The van der Waals surface area contributed by atoms with Crippen molar-refractivity contribution in [3.05, 3.63) is 58.1 Å². The molecule has 8 heteroatoms. The number of rotatable bonds is 0. The van der Waals surface area contributed by atoms with Gasteiger partial charge in [0, 0.05) is 23.7 Å². The molecule has 0 saturated heterocycles. The summed E-state index contributed by atoms with van der Waals surface area (Å²) in [7, 11) is -3.69. The third-order valence-corrected chi connectivity index (χ3v) is 10.3. The maximum absolute atomic E-state index is 13.0. The van der Waals surface area contributed by atoms with Crippen LogP contribution in [0.5, 0.6) is 5.75 Å². The van der Waals surface area contributed by atoms with E-state index in [1.54, 1.807) is 6.07 Å². The molecule has 0 spiro atoms. The molecule has 2 aromatic carbocycles. The standard InChI is InChI=1S/C30H39ClN2O4S/c1-21-7-3-2-6-16-38(35,36)32-30(34)23-11-14-29-28(18-23)33(19-24-10-13-27(21)24)15-5-4-8-22-17-26(31)12-9-25(22)20-37-29/h9,11-12,14,17-18,21,24,27H,2-8,10,13,15-16,19-20H2,1H3,(H,32,34)/t21-,24-,27-/m0/s1. The summed E-state index contributed by atoms with van der Waals surface area (Å²) in [5.74, 6) is 2.05. The Labute approximate surface area is 232 Å². The lowest BCUT2D eigenvalue weighted by Gasteiger charge is -2.44. The highest BCUT2D eigenvalue weighted by Crippen LogP contribution is 2.43. The first-order valence-electron chi connectivity index (χ1n) is 14.1. The van der Waals surface area contributed by atoms with Crippen LogP contribution in [0.1, 0.15) is 79.8 Å². The molecular weight excluding hydrogens is 520 g/mol. The molecule has 3 atom stereocenters. The van der Waals surface area contributed by atoms with Gasteiger partial charge in [0.2, 0.25) is 10.0 Å². The van der Waals surface area contributed by atoms with Crippen LogP contribution in [-0.2, 0) is 23.1 Å². The van der Waals surface area contributed by atoms with Gasteiger partial charge in [-0.2, -0.15) is 0 Å². The van der Waals surface area contributed by atoms with Crippen LogP contribution in [0.4, 0.5) is 5.69 Å². The molecule has 2 bridgehead atoms. The highest BCUT2D eigenvalue weighted by molar-refractivity contribution is 7.90. The van der Waals surface area contributed by atoms with Crippen molar-refractivity contribution < 1.29 is 17.9 Å². The lowest BCUT2D eigenvalue weighted by atomic mass is 9.66. The van der Waals surface area contributed by atoms with Gasteiger partial charge in [-0.05, 0) is 97.7 Å². The van der Waals surface area contributed by atoms with E-state index in [1.165, 1.54) is 18.4 Å². The highest BCUT2D eigenvalue weighted by atomic mass is 35.5. The van der Waals surface area contributed by atoms with E-state index in [-0.39, 0.29) is 5.75 Å². The van der Waals surface area contributed by atoms with E-state index in [9.17, 15) is 13.2 Å². The number of halogens is 1. The van der Waals surface area contributed by atoms with E-state index in [0.717, 1.165) is 73.6 Å². The number of nitrogens with zero attached hydrogens (tertiary/aromatic N) is 1. The Morgan fingerprint density at radius 3 is 2.66 bits per heavy atom. The van der Waals surface area contributed by atoms with Crippen molar-refractivity contribution in [3.63, 3.8) is 0 Å². The minimum Gasteiger partial charge on any atom is -0.487 e. The number of aryl methyl sites for hydroxylation is 1. The fourth-order valence-corrected chi connectivity index (χ4v) is 7.61. The van der Waals surface area contributed by atoms with Crippen molar-refractivity contribution in [1.82, 2.24) is 4.72 Å². The fourth-order valence-electron chi connectivity index (χ4n) is 6.33. The van der Waals surface area contributed by atoms with Gasteiger partial charge in [-0.3, -0.25) is 4.79 Å². The molecule has 5 rings (SSSR count). The second kappa shape index (κ2) is 11.9. The zero-order valence-corrected chi connectivity index (χ0v) is 23.8. The third-order valence-electron chi connectivity index (χ3n) is 8.72. The zero-order chi connectivity index (χ0) is 26.7. The minimum atomic E-state index is -3.69. The lowest BCUT2D eigenvalue weighted by molar-refractivity contribution is 0.0981. The van der Waals surface area contributed by atoms with E-state index < -0.39 is 15.9 Å². The molecule has 1 N–H and O–H groups in total. The maximum atomic E-state index is 13.0. The number of carbonyl (C=O) groups is 1. The quantitative estimate of drug-likeness (QED) is 0.407. The van der Waals surface area contributed by atoms with Crippen LogP contribution in [0.15, 0.2) is 36.4 Å². The number of ether oxygens (including phenoxy) is 1. The monoisotopic (exact) mass is 558 g/mol. The van der Waals surface area contributed by atoms with Crippen LogP contribution >= 0.6 is 11.6 Å². The zero-order valence-electron chi connectivity index (χ0n) is 22.3. The van der Waals surface area contributed by atoms with Gasteiger partial charge in [-0.15, -0.1) is 0 Å². The van der Waals surface area contributed by atoms with E-state index in [4.69, 9.17) is 16.3 Å². The Morgan fingerprint density at radius 1 is 0.974 bits per heavy atom. The van der Waals surface area contributed by atoms with Gasteiger partial charge < -0.3 is 9.64 Å². The molecule has 0 radical (unpaired) electrons. The van der Waals surface area contributed by atoms with Crippen molar-refractivity contribution in [1.29, 1.82) is 0 Å². The van der Waals surface area contributed by atoms with Crippen molar-refractivity contribution in [2.75, 3.05) is 23.7 Å². The molecule has 3 aliphatic rings. The summed E-state index contributed by atoms with van der Waals surface area (Å²) < 4.78 is 33.9. The number of hydrogen-bond donors (Lipinski definition) is 1. The van der Waals surface area contributed by atoms with Gasteiger partial charge in [0.15, 0.2) is 0 Å². The van der Waals surface area contributed by atoms with Crippen molar-refractivity contribution in [2.45, 2.75) is 71.3 Å². The number of carbonyl (C=O) groups excluding carboxylic acids is 1. The van der Waals surface area contributed by atoms with Crippen molar-refractivity contribution in [2.24, 2.45) is 17.8 Å². The summed E-state index contributed by atoms with van der Waals surface area (Å²) in [5, 5.41) is 0.736. The molecule has 2 aromatic rings. The van der Waals surface area contributed by atoms with Crippen LogP contribution in [-0.4, -0.2) is 33.2 Å². The largest absolute Gasteiger partial charge is 0.487 e. The number of hydrogen-bond acceptors (Lipinski definition) is 5. The summed E-state index contributed by atoms with van der Waals surface area (Å²) in [4.78, 5) is 15.4. The van der Waals surface area contributed by atoms with Gasteiger partial charge in [0.05, 0.1) is 11.4 Å². The average molecular weight is 559 g/mol. The van der Waals surface area contributed by atoms with Crippen molar-refractivity contribution in [3.8, 4) is 5.75 Å². The van der Waals surface area contributed by atoms with Crippen LogP contribution in [0, 0.1) is 17.8 Å². The van der Waals surface area contributed by atoms with E-state index in [0.29, 0.717) is 36.3 Å². The SMILES string of the molecule is C[C@H]1CCCCCS(=O)(=O)NC(=O)c2ccc3c(c2)N(CCCCc2cc(Cl)ccc2CO3)C[C@@H]2CC[C@H]21. The Bertz CT molecular complexity index is 1260. The van der Waals surface area contributed by atoms with Crippen LogP contribution < -0.4 is 14.4 Å². The maximum Gasteiger partial charge on any atom is 0.264 e. The first kappa shape index (κ1) is 27.3. The first-order valence-corrected chi connectivity index (χ1v) is 16.2. The Kier molecular flexibility index (Phi) is 8.53. The molecular formula is C30H39ClN2O4S. The highest BCUT2D eigenvalue weighted by Gasteiger charge is 2.36. The number of sulfonamides is 1. The number of nitrogens with one attached hydrogen (secondary N) is 1. The molecule has 1 aliphatic carbocycles. The predicted molar refractivity (Wildman–Crippen MR) is 152 cm³/mol. The van der Waals surface area contributed by atoms with E-state index in [1.807, 2.05) is 30.3 Å². The molecule has 2 aliphatic heterocycles. The van der Waals surface area contributed by atoms with E-state index >= 15 is 0 Å². The molecule has 0 unspecified atom stereocenters. The minimum absolute atomic E-state index is 0.0250. The van der Waals surface area contributed by atoms with E-state index in [2.05, 4.69) is 16.5 Å². The molecule has 38 heavy (non-hydrogen) atoms. The van der Waals surface area contributed by atoms with Crippen LogP contribution in [0.25, 0.3) is 0 Å².